The number of aromatic amines is 1. The highest BCUT2D eigenvalue weighted by atomic mass is 15.2. The molecule has 1 N–H and O–H groups in total. The van der Waals surface area contributed by atoms with Gasteiger partial charge in [-0.2, -0.15) is 5.10 Å². The second-order valence-corrected chi connectivity index (χ2v) is 7.14. The molecule has 0 radical (unpaired) electrons. The minimum absolute atomic E-state index is 0.934. The summed E-state index contributed by atoms with van der Waals surface area (Å²) in [6, 6.07) is 8.70. The molecule has 5 heteroatoms. The van der Waals surface area contributed by atoms with E-state index in [2.05, 4.69) is 69.7 Å². The van der Waals surface area contributed by atoms with Gasteiger partial charge in [-0.1, -0.05) is 12.1 Å². The molecule has 5 nitrogen and oxygen atoms in total. The Kier molecular flexibility index (Phi) is 3.43. The number of fused-ring (bicyclic) bond motifs is 2. The summed E-state index contributed by atoms with van der Waals surface area (Å²) in [6.07, 6.45) is 9.50. The molecule has 0 amide bonds. The normalized spacial score (nSPS) is 15.7. The molecule has 5 rings (SSSR count). The molecule has 0 saturated heterocycles. The Balaban J connectivity index is 1.62. The Morgan fingerprint density at radius 1 is 1.12 bits per heavy atom. The van der Waals surface area contributed by atoms with Crippen molar-refractivity contribution in [2.24, 2.45) is 7.05 Å². The van der Waals surface area contributed by atoms with Gasteiger partial charge in [0.15, 0.2) is 0 Å². The van der Waals surface area contributed by atoms with E-state index in [1.54, 1.807) is 0 Å². The number of aromatic nitrogens is 4. The summed E-state index contributed by atoms with van der Waals surface area (Å²) in [5, 5.41) is 6.79. The number of likely N-dealkylation sites (N-methyl/N-ethyl adjacent to an activating group) is 1. The Labute approximate surface area is 152 Å². The summed E-state index contributed by atoms with van der Waals surface area (Å²) >= 11 is 0. The van der Waals surface area contributed by atoms with Gasteiger partial charge in [-0.25, -0.2) is 4.98 Å². The maximum Gasteiger partial charge on any atom is 0.137 e. The molecule has 0 spiro atoms. The predicted molar refractivity (Wildman–Crippen MR) is 106 cm³/mol. The van der Waals surface area contributed by atoms with Gasteiger partial charge in [0.05, 0.1) is 5.52 Å². The minimum Gasteiger partial charge on any atom is -0.346 e. The summed E-state index contributed by atoms with van der Waals surface area (Å²) in [5.41, 5.74) is 6.96. The first-order valence-corrected chi connectivity index (χ1v) is 8.96. The number of aryl methyl sites for hydroxylation is 1. The zero-order chi connectivity index (χ0) is 17.7. The SMILES string of the molecule is CN1CC=C(c2cnc3[nH]cc(-c4ccc5nn(C)cc5c4)c3c2)CC1. The van der Waals surface area contributed by atoms with Crippen LogP contribution in [0.5, 0.6) is 0 Å². The molecule has 4 aromatic rings. The third-order valence-electron chi connectivity index (χ3n) is 5.24. The zero-order valence-corrected chi connectivity index (χ0v) is 15.0. The number of nitrogens with one attached hydrogen (secondary N) is 1. The maximum absolute atomic E-state index is 4.66. The molecule has 0 bridgehead atoms. The molecular weight excluding hydrogens is 322 g/mol. The molecule has 0 atom stereocenters. The van der Waals surface area contributed by atoms with Crippen LogP contribution in [0.3, 0.4) is 0 Å². The number of pyridine rings is 1. The molecule has 130 valence electrons. The van der Waals surface area contributed by atoms with Crippen molar-refractivity contribution in [1.29, 1.82) is 0 Å². The lowest BCUT2D eigenvalue weighted by Crippen LogP contribution is -2.23. The van der Waals surface area contributed by atoms with Crippen LogP contribution in [0.4, 0.5) is 0 Å². The van der Waals surface area contributed by atoms with Crippen LogP contribution in [-0.4, -0.2) is 44.8 Å². The van der Waals surface area contributed by atoms with E-state index in [-0.39, 0.29) is 0 Å². The maximum atomic E-state index is 4.66. The number of H-pyrrole nitrogens is 1. The highest BCUT2D eigenvalue weighted by Gasteiger charge is 2.13. The highest BCUT2D eigenvalue weighted by Crippen LogP contribution is 2.32. The van der Waals surface area contributed by atoms with Crippen LogP contribution in [0.15, 0.2) is 48.9 Å². The number of nitrogens with zero attached hydrogens (tertiary/aromatic N) is 4. The fourth-order valence-corrected chi connectivity index (χ4v) is 3.77. The number of rotatable bonds is 2. The predicted octanol–water partition coefficient (Wildman–Crippen LogP) is 3.84. The fourth-order valence-electron chi connectivity index (χ4n) is 3.77. The average Bonchev–Trinajstić information content (AvgIpc) is 3.23. The van der Waals surface area contributed by atoms with Crippen LogP contribution in [-0.2, 0) is 7.05 Å². The fraction of sp³-hybridized carbons (Fsp3) is 0.238. The topological polar surface area (TPSA) is 49.7 Å². The van der Waals surface area contributed by atoms with Crippen LogP contribution >= 0.6 is 0 Å². The summed E-state index contributed by atoms with van der Waals surface area (Å²) in [4.78, 5) is 10.3. The lowest BCUT2D eigenvalue weighted by Gasteiger charge is -2.21. The van der Waals surface area contributed by atoms with Crippen molar-refractivity contribution in [3.8, 4) is 11.1 Å². The molecule has 1 aliphatic rings. The highest BCUT2D eigenvalue weighted by molar-refractivity contribution is 5.97. The molecule has 1 aliphatic heterocycles. The smallest absolute Gasteiger partial charge is 0.137 e. The minimum atomic E-state index is 0.934. The van der Waals surface area contributed by atoms with E-state index in [4.69, 9.17) is 0 Å². The first-order chi connectivity index (χ1) is 12.7. The van der Waals surface area contributed by atoms with E-state index in [9.17, 15) is 0 Å². The molecule has 4 heterocycles. The molecule has 0 aliphatic carbocycles. The van der Waals surface area contributed by atoms with Gasteiger partial charge < -0.3 is 9.88 Å². The Bertz CT molecular complexity index is 1150. The van der Waals surface area contributed by atoms with Crippen LogP contribution in [0.25, 0.3) is 38.6 Å². The Morgan fingerprint density at radius 3 is 2.88 bits per heavy atom. The number of benzene rings is 1. The first kappa shape index (κ1) is 15.3. The van der Waals surface area contributed by atoms with E-state index in [1.807, 2.05) is 17.9 Å². The third-order valence-corrected chi connectivity index (χ3v) is 5.24. The lowest BCUT2D eigenvalue weighted by atomic mass is 9.98. The van der Waals surface area contributed by atoms with Gasteiger partial charge in [0.25, 0.3) is 0 Å². The van der Waals surface area contributed by atoms with Gasteiger partial charge in [0.2, 0.25) is 0 Å². The molecule has 1 aromatic carbocycles. The van der Waals surface area contributed by atoms with Crippen molar-refractivity contribution in [3.63, 3.8) is 0 Å². The standard InChI is InChI=1S/C21H21N5/c1-25-7-5-14(6-8-25)16-10-18-19(12-23-21(18)22-11-16)15-3-4-20-17(9-15)13-26(2)24-20/h3-5,9-13H,6-8H2,1-2H3,(H,22,23). The number of hydrogen-bond acceptors (Lipinski definition) is 3. The quantitative estimate of drug-likeness (QED) is 0.602. The first-order valence-electron chi connectivity index (χ1n) is 8.96. The molecule has 26 heavy (non-hydrogen) atoms. The van der Waals surface area contributed by atoms with Gasteiger partial charge in [-0.3, -0.25) is 4.68 Å². The molecule has 0 unspecified atom stereocenters. The molecular formula is C21H21N5. The summed E-state index contributed by atoms with van der Waals surface area (Å²) in [5.74, 6) is 0. The van der Waals surface area contributed by atoms with E-state index < -0.39 is 0 Å². The van der Waals surface area contributed by atoms with Crippen molar-refractivity contribution in [2.45, 2.75) is 6.42 Å². The van der Waals surface area contributed by atoms with E-state index in [0.717, 1.165) is 36.1 Å². The van der Waals surface area contributed by atoms with Gasteiger partial charge >= 0.3 is 0 Å². The van der Waals surface area contributed by atoms with Gasteiger partial charge in [0, 0.05) is 55.1 Å². The van der Waals surface area contributed by atoms with Crippen molar-refractivity contribution in [1.82, 2.24) is 24.6 Å². The van der Waals surface area contributed by atoms with E-state index >= 15 is 0 Å². The van der Waals surface area contributed by atoms with Crippen LogP contribution < -0.4 is 0 Å². The monoisotopic (exact) mass is 343 g/mol. The Morgan fingerprint density at radius 2 is 2.04 bits per heavy atom. The van der Waals surface area contributed by atoms with Crippen LogP contribution in [0.1, 0.15) is 12.0 Å². The summed E-state index contributed by atoms with van der Waals surface area (Å²) in [7, 11) is 4.12. The number of hydrogen-bond donors (Lipinski definition) is 1. The average molecular weight is 343 g/mol. The van der Waals surface area contributed by atoms with Crippen molar-refractivity contribution in [3.05, 3.63) is 54.5 Å². The molecule has 0 saturated carbocycles. The van der Waals surface area contributed by atoms with Gasteiger partial charge in [0.1, 0.15) is 5.65 Å². The third kappa shape index (κ3) is 2.52. The van der Waals surface area contributed by atoms with Crippen LogP contribution in [0, 0.1) is 0 Å². The molecule has 3 aromatic heterocycles. The van der Waals surface area contributed by atoms with Crippen molar-refractivity contribution in [2.75, 3.05) is 20.1 Å². The van der Waals surface area contributed by atoms with Gasteiger partial charge in [-0.15, -0.1) is 0 Å². The van der Waals surface area contributed by atoms with Gasteiger partial charge in [-0.05, 0) is 48.4 Å². The van der Waals surface area contributed by atoms with Crippen molar-refractivity contribution < 1.29 is 0 Å². The zero-order valence-electron chi connectivity index (χ0n) is 15.0. The summed E-state index contributed by atoms with van der Waals surface area (Å²) in [6.45, 7) is 2.10. The lowest BCUT2D eigenvalue weighted by molar-refractivity contribution is 0.370. The van der Waals surface area contributed by atoms with Crippen LogP contribution in [0.2, 0.25) is 0 Å². The largest absolute Gasteiger partial charge is 0.346 e. The van der Waals surface area contributed by atoms with E-state index in [1.165, 1.54) is 27.6 Å². The Hall–Kier alpha value is -2.92. The molecule has 0 fully saturated rings. The van der Waals surface area contributed by atoms with E-state index in [0.29, 0.717) is 0 Å². The van der Waals surface area contributed by atoms with Crippen molar-refractivity contribution >= 4 is 27.5 Å². The summed E-state index contributed by atoms with van der Waals surface area (Å²) < 4.78 is 1.86. The second-order valence-electron chi connectivity index (χ2n) is 7.14. The second kappa shape index (κ2) is 5.81.